The molecule has 0 saturated carbocycles. The first-order valence-electron chi connectivity index (χ1n) is 9.03. The van der Waals surface area contributed by atoms with Crippen LogP contribution in [-0.2, 0) is 16.1 Å². The Bertz CT molecular complexity index is 795. The fraction of sp³-hybridized carbons (Fsp3) is 0.333. The van der Waals surface area contributed by atoms with Gasteiger partial charge in [0.25, 0.3) is 5.91 Å². The van der Waals surface area contributed by atoms with Crippen LogP contribution in [0.1, 0.15) is 19.4 Å². The number of para-hydroxylation sites is 2. The van der Waals surface area contributed by atoms with Crippen molar-refractivity contribution in [1.29, 1.82) is 0 Å². The molecule has 0 aliphatic carbocycles. The van der Waals surface area contributed by atoms with E-state index < -0.39 is 6.04 Å². The summed E-state index contributed by atoms with van der Waals surface area (Å²) in [4.78, 5) is 26.7. The average molecular weight is 405 g/mol. The van der Waals surface area contributed by atoms with Crippen molar-refractivity contribution in [2.24, 2.45) is 0 Å². The molecule has 1 atom stereocenters. The van der Waals surface area contributed by atoms with Gasteiger partial charge in [0, 0.05) is 18.1 Å². The predicted octanol–water partition coefficient (Wildman–Crippen LogP) is 3.28. The molecular weight excluding hydrogens is 380 g/mol. The average Bonchev–Trinajstić information content (AvgIpc) is 2.71. The monoisotopic (exact) mass is 404 g/mol. The molecule has 1 unspecified atom stereocenters. The molecule has 2 aromatic carbocycles. The van der Waals surface area contributed by atoms with Crippen LogP contribution < -0.4 is 14.8 Å². The lowest BCUT2D eigenvalue weighted by Crippen LogP contribution is -2.49. The van der Waals surface area contributed by atoms with Crippen LogP contribution in [-0.4, -0.2) is 43.0 Å². The molecule has 2 rings (SSSR count). The zero-order valence-corrected chi connectivity index (χ0v) is 17.0. The van der Waals surface area contributed by atoms with Crippen molar-refractivity contribution in [3.05, 3.63) is 59.1 Å². The van der Waals surface area contributed by atoms with E-state index in [9.17, 15) is 9.59 Å². The minimum absolute atomic E-state index is 0.211. The topological polar surface area (TPSA) is 67.9 Å². The number of benzene rings is 2. The molecule has 0 bridgehead atoms. The van der Waals surface area contributed by atoms with Crippen molar-refractivity contribution < 1.29 is 19.1 Å². The van der Waals surface area contributed by atoms with Crippen molar-refractivity contribution in [3.63, 3.8) is 0 Å². The molecule has 2 aromatic rings. The minimum Gasteiger partial charge on any atom is -0.493 e. The maximum absolute atomic E-state index is 12.9. The molecule has 28 heavy (non-hydrogen) atoms. The van der Waals surface area contributed by atoms with E-state index in [-0.39, 0.29) is 25.0 Å². The first kappa shape index (κ1) is 21.6. The summed E-state index contributed by atoms with van der Waals surface area (Å²) in [6.07, 6.45) is 0. The van der Waals surface area contributed by atoms with E-state index in [1.54, 1.807) is 37.3 Å². The second kappa shape index (κ2) is 10.6. The number of likely N-dealkylation sites (N-methyl/N-ethyl adjacent to an activating group) is 1. The Morgan fingerprint density at radius 1 is 1.11 bits per heavy atom. The highest BCUT2D eigenvalue weighted by Crippen LogP contribution is 2.25. The van der Waals surface area contributed by atoms with E-state index in [0.29, 0.717) is 23.1 Å². The van der Waals surface area contributed by atoms with Crippen LogP contribution in [0, 0.1) is 0 Å². The Morgan fingerprint density at radius 3 is 2.36 bits per heavy atom. The van der Waals surface area contributed by atoms with Crippen molar-refractivity contribution in [3.8, 4) is 11.5 Å². The fourth-order valence-corrected chi connectivity index (χ4v) is 2.78. The molecule has 0 fully saturated rings. The van der Waals surface area contributed by atoms with Crippen LogP contribution in [0.15, 0.2) is 48.5 Å². The highest BCUT2D eigenvalue weighted by molar-refractivity contribution is 6.30. The molecule has 0 heterocycles. The van der Waals surface area contributed by atoms with Gasteiger partial charge in [-0.05, 0) is 43.7 Å². The standard InChI is InChI=1S/C21H25ClN2O4/c1-4-23-21(26)15(2)24(13-16-9-11-17(22)12-10-16)20(25)14-28-19-8-6-5-7-18(19)27-3/h5-12,15H,4,13-14H2,1-3H3,(H,23,26). The highest BCUT2D eigenvalue weighted by atomic mass is 35.5. The SMILES string of the molecule is CCNC(=O)C(C)N(Cc1ccc(Cl)cc1)C(=O)COc1ccccc1OC. The summed E-state index contributed by atoms with van der Waals surface area (Å²) >= 11 is 5.93. The smallest absolute Gasteiger partial charge is 0.261 e. The first-order valence-corrected chi connectivity index (χ1v) is 9.41. The molecular formula is C21H25ClN2O4. The molecule has 0 aliphatic rings. The number of nitrogens with one attached hydrogen (secondary N) is 1. The maximum Gasteiger partial charge on any atom is 0.261 e. The van der Waals surface area contributed by atoms with E-state index >= 15 is 0 Å². The summed E-state index contributed by atoms with van der Waals surface area (Å²) in [6, 6.07) is 13.6. The Labute approximate surface area is 170 Å². The van der Waals surface area contributed by atoms with Crippen LogP contribution in [0.4, 0.5) is 0 Å². The van der Waals surface area contributed by atoms with Gasteiger partial charge >= 0.3 is 0 Å². The Morgan fingerprint density at radius 2 is 1.75 bits per heavy atom. The number of amides is 2. The number of ether oxygens (including phenoxy) is 2. The molecule has 0 aromatic heterocycles. The van der Waals surface area contributed by atoms with Gasteiger partial charge < -0.3 is 19.7 Å². The van der Waals surface area contributed by atoms with E-state index in [0.717, 1.165) is 5.56 Å². The number of carbonyl (C=O) groups is 2. The maximum atomic E-state index is 12.9. The molecule has 6 nitrogen and oxygen atoms in total. The summed E-state index contributed by atoms with van der Waals surface area (Å²) in [6.45, 7) is 4.08. The highest BCUT2D eigenvalue weighted by Gasteiger charge is 2.26. The van der Waals surface area contributed by atoms with Crippen LogP contribution in [0.3, 0.4) is 0 Å². The number of hydrogen-bond donors (Lipinski definition) is 1. The summed E-state index contributed by atoms with van der Waals surface area (Å²) in [7, 11) is 1.54. The van der Waals surface area contributed by atoms with Gasteiger partial charge in [-0.25, -0.2) is 0 Å². The zero-order chi connectivity index (χ0) is 20.5. The van der Waals surface area contributed by atoms with Gasteiger partial charge in [0.1, 0.15) is 6.04 Å². The zero-order valence-electron chi connectivity index (χ0n) is 16.3. The number of halogens is 1. The van der Waals surface area contributed by atoms with Crippen molar-refractivity contribution in [2.45, 2.75) is 26.4 Å². The number of nitrogens with zero attached hydrogens (tertiary/aromatic N) is 1. The Hall–Kier alpha value is -2.73. The number of carbonyl (C=O) groups excluding carboxylic acids is 2. The van der Waals surface area contributed by atoms with Gasteiger partial charge in [-0.1, -0.05) is 35.9 Å². The van der Waals surface area contributed by atoms with E-state index in [4.69, 9.17) is 21.1 Å². The van der Waals surface area contributed by atoms with Crippen molar-refractivity contribution in [2.75, 3.05) is 20.3 Å². The molecule has 150 valence electrons. The number of rotatable bonds is 9. The lowest BCUT2D eigenvalue weighted by Gasteiger charge is -2.28. The number of methoxy groups -OCH3 is 1. The van der Waals surface area contributed by atoms with Crippen LogP contribution >= 0.6 is 11.6 Å². The summed E-state index contributed by atoms with van der Waals surface area (Å²) in [5, 5.41) is 3.36. The molecule has 2 amide bonds. The molecule has 0 radical (unpaired) electrons. The van der Waals surface area contributed by atoms with Crippen LogP contribution in [0.5, 0.6) is 11.5 Å². The van der Waals surface area contributed by atoms with Gasteiger partial charge in [0.05, 0.1) is 7.11 Å². The fourth-order valence-electron chi connectivity index (χ4n) is 2.65. The second-order valence-corrected chi connectivity index (χ2v) is 6.59. The van der Waals surface area contributed by atoms with Crippen molar-refractivity contribution in [1.82, 2.24) is 10.2 Å². The third-order valence-electron chi connectivity index (χ3n) is 4.20. The molecule has 1 N–H and O–H groups in total. The molecule has 0 spiro atoms. The van der Waals surface area contributed by atoms with Gasteiger partial charge in [0.15, 0.2) is 18.1 Å². The largest absolute Gasteiger partial charge is 0.493 e. The van der Waals surface area contributed by atoms with E-state index in [1.165, 1.54) is 12.0 Å². The normalized spacial score (nSPS) is 11.4. The lowest BCUT2D eigenvalue weighted by atomic mass is 10.1. The lowest BCUT2D eigenvalue weighted by molar-refractivity contribution is -0.142. The van der Waals surface area contributed by atoms with Crippen LogP contribution in [0.2, 0.25) is 5.02 Å². The Kier molecular flexibility index (Phi) is 8.14. The van der Waals surface area contributed by atoms with Crippen molar-refractivity contribution >= 4 is 23.4 Å². The summed E-state index contributed by atoms with van der Waals surface area (Å²) in [5.74, 6) is 0.480. The van der Waals surface area contributed by atoms with E-state index in [1.807, 2.05) is 25.1 Å². The molecule has 7 heteroatoms. The number of hydrogen-bond acceptors (Lipinski definition) is 4. The van der Waals surface area contributed by atoms with Gasteiger partial charge in [-0.2, -0.15) is 0 Å². The first-order chi connectivity index (χ1) is 13.5. The van der Waals surface area contributed by atoms with Gasteiger partial charge in [-0.15, -0.1) is 0 Å². The minimum atomic E-state index is -0.649. The third kappa shape index (κ3) is 5.89. The van der Waals surface area contributed by atoms with E-state index in [2.05, 4.69) is 5.32 Å². The molecule has 0 aliphatic heterocycles. The summed E-state index contributed by atoms with van der Waals surface area (Å²) in [5.41, 5.74) is 0.867. The molecule has 0 saturated heterocycles. The predicted molar refractivity (Wildman–Crippen MR) is 109 cm³/mol. The summed E-state index contributed by atoms with van der Waals surface area (Å²) < 4.78 is 10.9. The van der Waals surface area contributed by atoms with Crippen LogP contribution in [0.25, 0.3) is 0 Å². The Balaban J connectivity index is 2.15. The second-order valence-electron chi connectivity index (χ2n) is 6.16. The van der Waals surface area contributed by atoms with Gasteiger partial charge in [0.2, 0.25) is 5.91 Å². The quantitative estimate of drug-likeness (QED) is 0.696. The third-order valence-corrected chi connectivity index (χ3v) is 4.46. The van der Waals surface area contributed by atoms with Gasteiger partial charge in [-0.3, -0.25) is 9.59 Å².